The van der Waals surface area contributed by atoms with Gasteiger partial charge in [0.1, 0.15) is 5.58 Å². The van der Waals surface area contributed by atoms with Crippen LogP contribution in [0.15, 0.2) is 28.7 Å². The number of hydrogen-bond donors (Lipinski definition) is 0. The number of amides is 2. The lowest BCUT2D eigenvalue weighted by Crippen LogP contribution is -2.52. The molecule has 2 saturated heterocycles. The van der Waals surface area contributed by atoms with Gasteiger partial charge in [0.05, 0.1) is 6.54 Å². The smallest absolute Gasteiger partial charge is 0.289 e. The van der Waals surface area contributed by atoms with E-state index in [-0.39, 0.29) is 11.8 Å². The summed E-state index contributed by atoms with van der Waals surface area (Å²) in [7, 11) is 0. The minimum absolute atomic E-state index is 0.107. The number of piperazine rings is 1. The number of hydrogen-bond acceptors (Lipinski definition) is 4. The molecule has 2 amide bonds. The van der Waals surface area contributed by atoms with Crippen LogP contribution in [0, 0.1) is 0 Å². The maximum atomic E-state index is 12.7. The quantitative estimate of drug-likeness (QED) is 0.810. The first-order valence-corrected chi connectivity index (χ1v) is 9.96. The third-order valence-corrected chi connectivity index (χ3v) is 5.65. The Hall–Kier alpha value is -2.05. The van der Waals surface area contributed by atoms with Crippen LogP contribution >= 0.6 is 11.6 Å². The minimum Gasteiger partial charge on any atom is -0.451 e. The van der Waals surface area contributed by atoms with Gasteiger partial charge in [0.15, 0.2) is 5.76 Å². The highest BCUT2D eigenvalue weighted by Gasteiger charge is 2.26. The predicted molar refractivity (Wildman–Crippen MR) is 104 cm³/mol. The Balaban J connectivity index is 1.32. The normalized spacial score (nSPS) is 18.9. The molecule has 0 saturated carbocycles. The van der Waals surface area contributed by atoms with E-state index in [9.17, 15) is 9.59 Å². The van der Waals surface area contributed by atoms with Crippen LogP contribution in [-0.2, 0) is 4.79 Å². The van der Waals surface area contributed by atoms with E-state index < -0.39 is 0 Å². The number of carbonyl (C=O) groups is 2. The summed E-state index contributed by atoms with van der Waals surface area (Å²) in [5.74, 6) is 0.443. The fourth-order valence-corrected chi connectivity index (χ4v) is 4.00. The molecule has 0 spiro atoms. The number of likely N-dealkylation sites (tertiary alicyclic amines) is 1. The Kier molecular flexibility index (Phi) is 5.36. The van der Waals surface area contributed by atoms with E-state index in [0.717, 1.165) is 31.3 Å². The number of rotatable bonds is 3. The molecule has 7 heteroatoms. The van der Waals surface area contributed by atoms with E-state index in [2.05, 4.69) is 4.90 Å². The highest BCUT2D eigenvalue weighted by atomic mass is 35.5. The molecule has 2 aliphatic rings. The van der Waals surface area contributed by atoms with Crippen molar-refractivity contribution in [2.75, 3.05) is 45.8 Å². The van der Waals surface area contributed by atoms with E-state index in [1.807, 2.05) is 4.90 Å². The number of carbonyl (C=O) groups excluding carboxylic acids is 2. The Morgan fingerprint density at radius 2 is 1.67 bits per heavy atom. The minimum atomic E-state index is -0.107. The summed E-state index contributed by atoms with van der Waals surface area (Å²) < 4.78 is 5.68. The molecule has 144 valence electrons. The van der Waals surface area contributed by atoms with Gasteiger partial charge in [-0.1, -0.05) is 11.6 Å². The second-order valence-electron chi connectivity index (χ2n) is 7.30. The zero-order chi connectivity index (χ0) is 18.8. The lowest BCUT2D eigenvalue weighted by atomic mass is 10.1. The van der Waals surface area contributed by atoms with E-state index in [1.165, 1.54) is 6.42 Å². The summed E-state index contributed by atoms with van der Waals surface area (Å²) in [6.45, 7) is 4.83. The van der Waals surface area contributed by atoms with Gasteiger partial charge in [0.25, 0.3) is 5.91 Å². The molecule has 27 heavy (non-hydrogen) atoms. The molecule has 2 aliphatic heterocycles. The molecule has 0 radical (unpaired) electrons. The highest BCUT2D eigenvalue weighted by molar-refractivity contribution is 6.31. The standard InChI is InChI=1S/C20H24ClN3O3/c21-16-4-5-17-15(12-16)13-18(27-17)20(26)24-10-8-22(9-11-24)14-19(25)23-6-2-1-3-7-23/h4-5,12-13H,1-3,6-11,14H2. The molecule has 0 bridgehead atoms. The number of halogens is 1. The van der Waals surface area contributed by atoms with Crippen LogP contribution < -0.4 is 0 Å². The molecule has 0 N–H and O–H groups in total. The van der Waals surface area contributed by atoms with Crippen molar-refractivity contribution >= 4 is 34.4 Å². The zero-order valence-electron chi connectivity index (χ0n) is 15.3. The highest BCUT2D eigenvalue weighted by Crippen LogP contribution is 2.24. The summed E-state index contributed by atoms with van der Waals surface area (Å²) in [6.07, 6.45) is 3.44. The van der Waals surface area contributed by atoms with Crippen LogP contribution in [0.1, 0.15) is 29.8 Å². The first-order valence-electron chi connectivity index (χ1n) is 9.59. The average Bonchev–Trinajstić information content (AvgIpc) is 3.12. The number of furan rings is 1. The first kappa shape index (κ1) is 18.3. The van der Waals surface area contributed by atoms with Gasteiger partial charge in [-0.15, -0.1) is 0 Å². The molecular weight excluding hydrogens is 366 g/mol. The molecular formula is C20H24ClN3O3. The fraction of sp³-hybridized carbons (Fsp3) is 0.500. The van der Waals surface area contributed by atoms with Crippen molar-refractivity contribution in [1.82, 2.24) is 14.7 Å². The first-order chi connectivity index (χ1) is 13.1. The summed E-state index contributed by atoms with van der Waals surface area (Å²) in [6, 6.07) is 7.06. The van der Waals surface area contributed by atoms with Crippen LogP contribution in [0.4, 0.5) is 0 Å². The van der Waals surface area contributed by atoms with Crippen LogP contribution in [0.25, 0.3) is 11.0 Å². The van der Waals surface area contributed by atoms with E-state index in [1.54, 1.807) is 29.2 Å². The SMILES string of the molecule is O=C(CN1CCN(C(=O)c2cc3cc(Cl)ccc3o2)CC1)N1CCCCC1. The Morgan fingerprint density at radius 3 is 2.41 bits per heavy atom. The largest absolute Gasteiger partial charge is 0.451 e. The zero-order valence-corrected chi connectivity index (χ0v) is 16.1. The number of benzene rings is 1. The molecule has 1 aromatic carbocycles. The van der Waals surface area contributed by atoms with Crippen LogP contribution in [0.2, 0.25) is 5.02 Å². The van der Waals surface area contributed by atoms with Crippen molar-refractivity contribution < 1.29 is 14.0 Å². The Morgan fingerprint density at radius 1 is 0.926 bits per heavy atom. The lowest BCUT2D eigenvalue weighted by molar-refractivity contribution is -0.133. The van der Waals surface area contributed by atoms with Gasteiger partial charge >= 0.3 is 0 Å². The van der Waals surface area contributed by atoms with Gasteiger partial charge in [-0.3, -0.25) is 14.5 Å². The predicted octanol–water partition coefficient (Wildman–Crippen LogP) is 2.86. The van der Waals surface area contributed by atoms with Gasteiger partial charge in [0.2, 0.25) is 5.91 Å². The number of nitrogens with zero attached hydrogens (tertiary/aromatic N) is 3. The molecule has 0 aliphatic carbocycles. The molecule has 4 rings (SSSR count). The second-order valence-corrected chi connectivity index (χ2v) is 7.74. The topological polar surface area (TPSA) is 57.0 Å². The molecule has 2 fully saturated rings. The fourth-order valence-electron chi connectivity index (χ4n) is 3.82. The summed E-state index contributed by atoms with van der Waals surface area (Å²) in [5, 5.41) is 1.45. The third-order valence-electron chi connectivity index (χ3n) is 5.42. The van der Waals surface area contributed by atoms with Crippen LogP contribution in [-0.4, -0.2) is 72.3 Å². The second kappa shape index (κ2) is 7.90. The van der Waals surface area contributed by atoms with Gasteiger partial charge in [-0.05, 0) is 43.5 Å². The molecule has 0 atom stereocenters. The maximum absolute atomic E-state index is 12.7. The Bertz CT molecular complexity index is 836. The molecule has 6 nitrogen and oxygen atoms in total. The van der Waals surface area contributed by atoms with Gasteiger partial charge in [-0.25, -0.2) is 0 Å². The van der Waals surface area contributed by atoms with Gasteiger partial charge in [-0.2, -0.15) is 0 Å². The van der Waals surface area contributed by atoms with E-state index >= 15 is 0 Å². The van der Waals surface area contributed by atoms with E-state index in [0.29, 0.717) is 49.1 Å². The van der Waals surface area contributed by atoms with Crippen molar-refractivity contribution in [3.8, 4) is 0 Å². The van der Waals surface area contributed by atoms with Gasteiger partial charge in [0, 0.05) is 49.7 Å². The summed E-state index contributed by atoms with van der Waals surface area (Å²) >= 11 is 6.00. The van der Waals surface area contributed by atoms with Gasteiger partial charge < -0.3 is 14.2 Å². The van der Waals surface area contributed by atoms with Crippen LogP contribution in [0.3, 0.4) is 0 Å². The Labute approximate surface area is 163 Å². The van der Waals surface area contributed by atoms with Crippen molar-refractivity contribution in [3.05, 3.63) is 35.0 Å². The third kappa shape index (κ3) is 4.12. The molecule has 3 heterocycles. The van der Waals surface area contributed by atoms with Crippen molar-refractivity contribution in [1.29, 1.82) is 0 Å². The summed E-state index contributed by atoms with van der Waals surface area (Å²) in [5.41, 5.74) is 0.661. The van der Waals surface area contributed by atoms with Crippen LogP contribution in [0.5, 0.6) is 0 Å². The summed E-state index contributed by atoms with van der Waals surface area (Å²) in [4.78, 5) is 31.0. The molecule has 1 aromatic heterocycles. The van der Waals surface area contributed by atoms with Crippen molar-refractivity contribution in [2.45, 2.75) is 19.3 Å². The van der Waals surface area contributed by atoms with E-state index in [4.69, 9.17) is 16.0 Å². The average molecular weight is 390 g/mol. The molecule has 0 unspecified atom stereocenters. The number of fused-ring (bicyclic) bond motifs is 1. The number of piperidine rings is 1. The monoisotopic (exact) mass is 389 g/mol. The van der Waals surface area contributed by atoms with Crippen molar-refractivity contribution in [2.24, 2.45) is 0 Å². The maximum Gasteiger partial charge on any atom is 0.289 e. The lowest BCUT2D eigenvalue weighted by Gasteiger charge is -2.35. The molecule has 2 aromatic rings. The van der Waals surface area contributed by atoms with Crippen molar-refractivity contribution in [3.63, 3.8) is 0 Å².